The highest BCUT2D eigenvalue weighted by molar-refractivity contribution is 5.79. The van der Waals surface area contributed by atoms with E-state index >= 15 is 0 Å². The third-order valence-corrected chi connectivity index (χ3v) is 3.74. The van der Waals surface area contributed by atoms with E-state index in [1.807, 2.05) is 0 Å². The highest BCUT2D eigenvalue weighted by Gasteiger charge is 2.26. The van der Waals surface area contributed by atoms with Crippen LogP contribution in [-0.2, 0) is 4.79 Å². The fraction of sp³-hybridized carbons (Fsp3) is 0.929. The number of carbonyl (C=O) groups excluding carboxylic acids is 1. The minimum atomic E-state index is 0.0429. The van der Waals surface area contributed by atoms with Crippen molar-refractivity contribution >= 4 is 5.91 Å². The van der Waals surface area contributed by atoms with Gasteiger partial charge >= 0.3 is 0 Å². The van der Waals surface area contributed by atoms with Crippen molar-refractivity contribution in [3.8, 4) is 0 Å². The Morgan fingerprint density at radius 2 is 1.94 bits per heavy atom. The summed E-state index contributed by atoms with van der Waals surface area (Å²) >= 11 is 0. The van der Waals surface area contributed by atoms with E-state index in [0.717, 1.165) is 45.2 Å². The molecule has 2 unspecified atom stereocenters. The first-order valence-electron chi connectivity index (χ1n) is 7.29. The van der Waals surface area contributed by atoms with Gasteiger partial charge in [-0.3, -0.25) is 4.79 Å². The zero-order chi connectivity index (χ0) is 13.4. The summed E-state index contributed by atoms with van der Waals surface area (Å²) in [7, 11) is 4.15. The molecular weight excluding hydrogens is 226 g/mol. The summed E-state index contributed by atoms with van der Waals surface area (Å²) < 4.78 is 0. The van der Waals surface area contributed by atoms with Crippen LogP contribution in [0.3, 0.4) is 0 Å². The molecule has 0 aliphatic heterocycles. The Hall–Kier alpha value is -0.610. The number of amides is 1. The first-order chi connectivity index (χ1) is 8.61. The zero-order valence-electron chi connectivity index (χ0n) is 12.0. The topological polar surface area (TPSA) is 58.4 Å². The summed E-state index contributed by atoms with van der Waals surface area (Å²) in [5.41, 5.74) is 6.08. The molecule has 1 amide bonds. The van der Waals surface area contributed by atoms with Crippen LogP contribution in [0.2, 0.25) is 0 Å². The predicted molar refractivity (Wildman–Crippen MR) is 75.3 cm³/mol. The molecule has 0 aromatic carbocycles. The Kier molecular flexibility index (Phi) is 7.28. The summed E-state index contributed by atoms with van der Waals surface area (Å²) in [6.07, 6.45) is 7.68. The van der Waals surface area contributed by atoms with Crippen LogP contribution in [-0.4, -0.2) is 44.0 Å². The van der Waals surface area contributed by atoms with E-state index in [-0.39, 0.29) is 17.9 Å². The van der Waals surface area contributed by atoms with Gasteiger partial charge in [-0.05, 0) is 46.3 Å². The molecule has 0 saturated heterocycles. The molecule has 1 aliphatic rings. The third-order valence-electron chi connectivity index (χ3n) is 3.74. The van der Waals surface area contributed by atoms with Crippen LogP contribution in [0.4, 0.5) is 0 Å². The second kappa shape index (κ2) is 8.48. The molecule has 3 N–H and O–H groups in total. The number of hydrogen-bond donors (Lipinski definition) is 2. The second-order valence-corrected chi connectivity index (χ2v) is 5.71. The number of hydrogen-bond acceptors (Lipinski definition) is 3. The average molecular weight is 255 g/mol. The largest absolute Gasteiger partial charge is 0.356 e. The summed E-state index contributed by atoms with van der Waals surface area (Å²) in [5.74, 6) is 0.218. The molecule has 4 heteroatoms. The van der Waals surface area contributed by atoms with E-state index < -0.39 is 0 Å². The van der Waals surface area contributed by atoms with Gasteiger partial charge in [0.2, 0.25) is 5.91 Å². The standard InChI is InChI=1S/C14H29N3O/c1-17(2)11-7-6-10-16-14(18)12-8-4-3-5-9-13(12)15/h12-13H,3-11,15H2,1-2H3,(H,16,18). The fourth-order valence-electron chi connectivity index (χ4n) is 2.56. The van der Waals surface area contributed by atoms with Gasteiger partial charge in [-0.15, -0.1) is 0 Å². The van der Waals surface area contributed by atoms with Gasteiger partial charge in [0.15, 0.2) is 0 Å². The molecule has 0 aromatic heterocycles. The minimum Gasteiger partial charge on any atom is -0.356 e. The molecule has 2 atom stereocenters. The van der Waals surface area contributed by atoms with Gasteiger partial charge in [0.1, 0.15) is 0 Å². The Balaban J connectivity index is 2.18. The number of nitrogens with one attached hydrogen (secondary N) is 1. The van der Waals surface area contributed by atoms with E-state index in [2.05, 4.69) is 24.3 Å². The van der Waals surface area contributed by atoms with Crippen molar-refractivity contribution in [3.63, 3.8) is 0 Å². The van der Waals surface area contributed by atoms with E-state index in [1.54, 1.807) is 0 Å². The van der Waals surface area contributed by atoms with Crippen LogP contribution in [0.1, 0.15) is 44.9 Å². The quantitative estimate of drug-likeness (QED) is 0.556. The van der Waals surface area contributed by atoms with Crippen molar-refractivity contribution in [1.82, 2.24) is 10.2 Å². The van der Waals surface area contributed by atoms with Crippen molar-refractivity contribution in [2.45, 2.75) is 51.0 Å². The van der Waals surface area contributed by atoms with E-state index in [4.69, 9.17) is 5.73 Å². The van der Waals surface area contributed by atoms with Gasteiger partial charge in [0, 0.05) is 12.6 Å². The lowest BCUT2D eigenvalue weighted by atomic mass is 9.94. The van der Waals surface area contributed by atoms with Crippen molar-refractivity contribution in [2.75, 3.05) is 27.2 Å². The third kappa shape index (κ3) is 5.83. The first-order valence-corrected chi connectivity index (χ1v) is 7.29. The lowest BCUT2D eigenvalue weighted by Gasteiger charge is -2.20. The molecule has 1 rings (SSSR count). The van der Waals surface area contributed by atoms with Gasteiger partial charge in [-0.1, -0.05) is 19.3 Å². The van der Waals surface area contributed by atoms with Crippen LogP contribution in [0, 0.1) is 5.92 Å². The molecule has 0 heterocycles. The number of carbonyl (C=O) groups is 1. The van der Waals surface area contributed by atoms with Gasteiger partial charge in [0.25, 0.3) is 0 Å². The lowest BCUT2D eigenvalue weighted by Crippen LogP contribution is -2.41. The predicted octanol–water partition coefficient (Wildman–Crippen LogP) is 1.35. The molecule has 1 fully saturated rings. The summed E-state index contributed by atoms with van der Waals surface area (Å²) in [4.78, 5) is 14.2. The van der Waals surface area contributed by atoms with Gasteiger partial charge < -0.3 is 16.0 Å². The van der Waals surface area contributed by atoms with E-state index in [9.17, 15) is 4.79 Å². The van der Waals surface area contributed by atoms with Gasteiger partial charge in [0.05, 0.1) is 5.92 Å². The van der Waals surface area contributed by atoms with Crippen LogP contribution >= 0.6 is 0 Å². The van der Waals surface area contributed by atoms with Crippen molar-refractivity contribution in [1.29, 1.82) is 0 Å². The van der Waals surface area contributed by atoms with Crippen molar-refractivity contribution in [3.05, 3.63) is 0 Å². The smallest absolute Gasteiger partial charge is 0.224 e. The number of rotatable bonds is 6. The maximum Gasteiger partial charge on any atom is 0.224 e. The maximum atomic E-state index is 12.1. The molecule has 1 aliphatic carbocycles. The normalized spacial score (nSPS) is 24.9. The van der Waals surface area contributed by atoms with Crippen LogP contribution < -0.4 is 11.1 Å². The first kappa shape index (κ1) is 15.4. The SMILES string of the molecule is CN(C)CCCCNC(=O)C1CCCCCC1N. The summed E-state index contributed by atoms with van der Waals surface area (Å²) in [6.45, 7) is 1.87. The van der Waals surface area contributed by atoms with Crippen molar-refractivity contribution in [2.24, 2.45) is 11.7 Å². The van der Waals surface area contributed by atoms with Crippen LogP contribution in [0.25, 0.3) is 0 Å². The molecule has 18 heavy (non-hydrogen) atoms. The molecule has 4 nitrogen and oxygen atoms in total. The molecule has 0 radical (unpaired) electrons. The molecule has 1 saturated carbocycles. The number of nitrogens with zero attached hydrogens (tertiary/aromatic N) is 1. The highest BCUT2D eigenvalue weighted by atomic mass is 16.1. The molecule has 106 valence electrons. The number of unbranched alkanes of at least 4 members (excludes halogenated alkanes) is 1. The Morgan fingerprint density at radius 3 is 2.67 bits per heavy atom. The average Bonchev–Trinajstić information content (AvgIpc) is 2.53. The lowest BCUT2D eigenvalue weighted by molar-refractivity contribution is -0.125. The zero-order valence-corrected chi connectivity index (χ0v) is 12.0. The molecule has 0 spiro atoms. The number of nitrogens with two attached hydrogens (primary N) is 1. The van der Waals surface area contributed by atoms with Crippen LogP contribution in [0.15, 0.2) is 0 Å². The Labute approximate surface area is 111 Å². The minimum absolute atomic E-state index is 0.0429. The van der Waals surface area contributed by atoms with Gasteiger partial charge in [-0.25, -0.2) is 0 Å². The summed E-state index contributed by atoms with van der Waals surface area (Å²) in [6, 6.07) is 0.0641. The second-order valence-electron chi connectivity index (χ2n) is 5.71. The van der Waals surface area contributed by atoms with Crippen molar-refractivity contribution < 1.29 is 4.79 Å². The maximum absolute atomic E-state index is 12.1. The fourth-order valence-corrected chi connectivity index (χ4v) is 2.56. The highest BCUT2D eigenvalue weighted by Crippen LogP contribution is 2.22. The van der Waals surface area contributed by atoms with Gasteiger partial charge in [-0.2, -0.15) is 0 Å². The Morgan fingerprint density at radius 1 is 1.22 bits per heavy atom. The summed E-state index contributed by atoms with van der Waals surface area (Å²) in [5, 5.41) is 3.05. The molecule has 0 aromatic rings. The van der Waals surface area contributed by atoms with E-state index in [1.165, 1.54) is 12.8 Å². The monoisotopic (exact) mass is 255 g/mol. The Bertz CT molecular complexity index is 243. The molecule has 0 bridgehead atoms. The van der Waals surface area contributed by atoms with Crippen LogP contribution in [0.5, 0.6) is 0 Å². The molecular formula is C14H29N3O. The van der Waals surface area contributed by atoms with E-state index in [0.29, 0.717) is 0 Å².